The molecule has 4 fully saturated rings. The van der Waals surface area contributed by atoms with Crippen LogP contribution in [0.5, 0.6) is 5.75 Å². The number of carbonyl (C=O) groups is 4. The third-order valence-electron chi connectivity index (χ3n) is 9.56. The van der Waals surface area contributed by atoms with Crippen molar-refractivity contribution in [1.29, 1.82) is 0 Å². The fourth-order valence-corrected chi connectivity index (χ4v) is 9.20. The molecule has 2 heterocycles. The van der Waals surface area contributed by atoms with Gasteiger partial charge in [-0.15, -0.1) is 23.2 Å². The van der Waals surface area contributed by atoms with Gasteiger partial charge in [-0.3, -0.25) is 29.0 Å². The zero-order chi connectivity index (χ0) is 28.4. The third kappa shape index (κ3) is 3.87. The fraction of sp³-hybridized carbons (Fsp3) is 0.586. The van der Waals surface area contributed by atoms with Crippen molar-refractivity contribution in [1.82, 2.24) is 9.80 Å². The number of ether oxygens (including phenoxy) is 1. The van der Waals surface area contributed by atoms with E-state index >= 15 is 0 Å². The van der Waals surface area contributed by atoms with Gasteiger partial charge in [0.25, 0.3) is 11.8 Å². The maximum Gasteiger partial charge on any atom is 0.254 e. The highest BCUT2D eigenvalue weighted by Crippen LogP contribution is 2.65. The minimum atomic E-state index is -1.82. The average Bonchev–Trinajstić information content (AvgIpc) is 3.30. The second-order valence-electron chi connectivity index (χ2n) is 11.5. The molecular weight excluding hydrogens is 623 g/mol. The van der Waals surface area contributed by atoms with E-state index in [1.807, 2.05) is 6.08 Å². The predicted octanol–water partition coefficient (Wildman–Crippen LogP) is 4.10. The summed E-state index contributed by atoms with van der Waals surface area (Å²) in [5.41, 5.74) is 1.38. The van der Waals surface area contributed by atoms with Gasteiger partial charge in [-0.25, -0.2) is 0 Å². The van der Waals surface area contributed by atoms with Crippen LogP contribution in [0.15, 0.2) is 35.9 Å². The SMILES string of the molecule is O=C1C2CC=C3C(CC4(Cl)C(=O)N(CBr)C(=O)C4(Cl)C3c3ccc(OCCO)cc3)C2C(=O)N1C1CCCCC1. The Bertz CT molecular complexity index is 1280. The molecule has 11 heteroatoms. The average molecular weight is 654 g/mol. The Morgan fingerprint density at radius 1 is 0.975 bits per heavy atom. The van der Waals surface area contributed by atoms with Crippen molar-refractivity contribution in [2.75, 3.05) is 18.7 Å². The predicted molar refractivity (Wildman–Crippen MR) is 151 cm³/mol. The number of aliphatic hydroxyl groups excluding tert-OH is 1. The summed E-state index contributed by atoms with van der Waals surface area (Å²) in [4.78, 5) is 54.1. The number of nitrogens with zero attached hydrogens (tertiary/aromatic N) is 2. The molecule has 1 aromatic carbocycles. The summed E-state index contributed by atoms with van der Waals surface area (Å²) in [6, 6.07) is 6.90. The molecule has 40 heavy (non-hydrogen) atoms. The first-order valence-corrected chi connectivity index (χ1v) is 15.8. The van der Waals surface area contributed by atoms with Gasteiger partial charge >= 0.3 is 0 Å². The number of alkyl halides is 3. The van der Waals surface area contributed by atoms with Crippen LogP contribution in [-0.4, -0.2) is 73.0 Å². The molecule has 6 atom stereocenters. The molecule has 0 bridgehead atoms. The van der Waals surface area contributed by atoms with Crippen molar-refractivity contribution in [3.63, 3.8) is 0 Å². The molecule has 0 spiro atoms. The van der Waals surface area contributed by atoms with Gasteiger partial charge in [-0.2, -0.15) is 0 Å². The Hall–Kier alpha value is -1.94. The molecule has 2 saturated carbocycles. The van der Waals surface area contributed by atoms with Crippen molar-refractivity contribution >= 4 is 62.8 Å². The van der Waals surface area contributed by atoms with Crippen LogP contribution >= 0.6 is 39.1 Å². The van der Waals surface area contributed by atoms with Crippen LogP contribution in [-0.2, 0) is 19.2 Å². The molecule has 8 nitrogen and oxygen atoms in total. The molecule has 214 valence electrons. The van der Waals surface area contributed by atoms with Gasteiger partial charge in [0.15, 0.2) is 9.75 Å². The van der Waals surface area contributed by atoms with Crippen molar-refractivity contribution < 1.29 is 29.0 Å². The van der Waals surface area contributed by atoms with E-state index < -0.39 is 45.2 Å². The normalized spacial score (nSPS) is 36.0. The highest BCUT2D eigenvalue weighted by Gasteiger charge is 2.76. The maximum atomic E-state index is 14.0. The number of halogens is 3. The van der Waals surface area contributed by atoms with Gasteiger partial charge in [0, 0.05) is 12.0 Å². The zero-order valence-electron chi connectivity index (χ0n) is 21.9. The first-order chi connectivity index (χ1) is 19.2. The van der Waals surface area contributed by atoms with E-state index in [2.05, 4.69) is 15.9 Å². The first-order valence-electron chi connectivity index (χ1n) is 13.9. The maximum absolute atomic E-state index is 14.0. The lowest BCUT2D eigenvalue weighted by molar-refractivity contribution is -0.144. The first kappa shape index (κ1) is 28.2. The van der Waals surface area contributed by atoms with Crippen LogP contribution in [0.4, 0.5) is 0 Å². The largest absolute Gasteiger partial charge is 0.491 e. The molecule has 1 aromatic rings. The third-order valence-corrected chi connectivity index (χ3v) is 11.5. The number of allylic oxidation sites excluding steroid dienone is 2. The summed E-state index contributed by atoms with van der Waals surface area (Å²) in [5.74, 6) is -3.47. The standard InChI is InChI=1S/C29H31BrCl2N2O6/c30-15-33-26(38)28(31)14-21-19(10-11-20-22(21)25(37)34(24(20)36)17-4-2-1-3-5-17)23(29(28,32)27(33)39)16-6-8-18(9-7-16)40-13-12-35/h6-10,17,20-23,35H,1-5,11-15H2. The summed E-state index contributed by atoms with van der Waals surface area (Å²) in [7, 11) is 0. The Balaban J connectivity index is 1.45. The summed E-state index contributed by atoms with van der Waals surface area (Å²) in [5, 5.41) is 9.10. The molecule has 0 aromatic heterocycles. The number of rotatable bonds is 6. The molecular formula is C29H31BrCl2N2O6. The molecule has 1 N–H and O–H groups in total. The number of amides is 4. The van der Waals surface area contributed by atoms with E-state index in [0.29, 0.717) is 17.7 Å². The van der Waals surface area contributed by atoms with E-state index in [4.69, 9.17) is 33.0 Å². The minimum absolute atomic E-state index is 0.00908. The van der Waals surface area contributed by atoms with Gasteiger partial charge in [0.05, 0.1) is 23.9 Å². The van der Waals surface area contributed by atoms with E-state index in [1.54, 1.807) is 24.3 Å². The highest BCUT2D eigenvalue weighted by atomic mass is 79.9. The van der Waals surface area contributed by atoms with Crippen LogP contribution in [0.3, 0.4) is 0 Å². The quantitative estimate of drug-likeness (QED) is 0.215. The van der Waals surface area contributed by atoms with Crippen molar-refractivity contribution in [2.24, 2.45) is 17.8 Å². The van der Waals surface area contributed by atoms with Crippen LogP contribution < -0.4 is 4.74 Å². The van der Waals surface area contributed by atoms with E-state index in [0.717, 1.165) is 42.6 Å². The topological polar surface area (TPSA) is 104 Å². The van der Waals surface area contributed by atoms with Crippen LogP contribution in [0.25, 0.3) is 0 Å². The lowest BCUT2D eigenvalue weighted by Gasteiger charge is -2.50. The van der Waals surface area contributed by atoms with E-state index in [9.17, 15) is 19.2 Å². The summed E-state index contributed by atoms with van der Waals surface area (Å²) < 4.78 is 5.51. The summed E-state index contributed by atoms with van der Waals surface area (Å²) >= 11 is 17.8. The molecule has 3 aliphatic carbocycles. The van der Waals surface area contributed by atoms with E-state index in [1.165, 1.54) is 4.90 Å². The zero-order valence-corrected chi connectivity index (χ0v) is 25.0. The smallest absolute Gasteiger partial charge is 0.254 e. The Labute approximate surface area is 251 Å². The van der Waals surface area contributed by atoms with Gasteiger partial charge in [0.1, 0.15) is 12.4 Å². The number of likely N-dealkylation sites (tertiary alicyclic amines) is 2. The number of carbonyl (C=O) groups excluding carboxylic acids is 4. The lowest BCUT2D eigenvalue weighted by Crippen LogP contribution is -2.60. The minimum Gasteiger partial charge on any atom is -0.491 e. The molecule has 2 saturated heterocycles. The molecule has 6 unspecified atom stereocenters. The number of benzene rings is 1. The summed E-state index contributed by atoms with van der Waals surface area (Å²) in [6.07, 6.45) is 7.02. The lowest BCUT2D eigenvalue weighted by atomic mass is 9.56. The Morgan fingerprint density at radius 2 is 1.68 bits per heavy atom. The van der Waals surface area contributed by atoms with Crippen LogP contribution in [0, 0.1) is 17.8 Å². The van der Waals surface area contributed by atoms with Crippen molar-refractivity contribution in [3.05, 3.63) is 41.5 Å². The summed E-state index contributed by atoms with van der Waals surface area (Å²) in [6.45, 7) is -0.00515. The molecule has 0 radical (unpaired) electrons. The number of fused-ring (bicyclic) bond motifs is 4. The second-order valence-corrected chi connectivity index (χ2v) is 13.2. The highest BCUT2D eigenvalue weighted by molar-refractivity contribution is 9.09. The van der Waals surface area contributed by atoms with Gasteiger partial charge in [0.2, 0.25) is 11.8 Å². The number of hydrogen-bond acceptors (Lipinski definition) is 6. The Kier molecular flexibility index (Phi) is 7.33. The van der Waals surface area contributed by atoms with Crippen molar-refractivity contribution in [3.8, 4) is 5.75 Å². The van der Waals surface area contributed by atoms with Crippen LogP contribution in [0.1, 0.15) is 56.4 Å². The van der Waals surface area contributed by atoms with Gasteiger partial charge < -0.3 is 9.84 Å². The monoisotopic (exact) mass is 652 g/mol. The number of aliphatic hydroxyl groups is 1. The molecule has 6 rings (SSSR count). The second kappa shape index (κ2) is 10.4. The molecule has 4 amide bonds. The molecule has 5 aliphatic rings. The van der Waals surface area contributed by atoms with Gasteiger partial charge in [-0.1, -0.05) is 59.0 Å². The number of imide groups is 2. The molecule has 2 aliphatic heterocycles. The van der Waals surface area contributed by atoms with Gasteiger partial charge in [-0.05, 0) is 49.3 Å². The Morgan fingerprint density at radius 3 is 2.33 bits per heavy atom. The van der Waals surface area contributed by atoms with E-state index in [-0.39, 0.29) is 42.9 Å². The number of hydrogen-bond donors (Lipinski definition) is 1. The fourth-order valence-electron chi connectivity index (χ4n) is 7.77. The van der Waals surface area contributed by atoms with Crippen molar-refractivity contribution in [2.45, 2.75) is 66.7 Å². The van der Waals surface area contributed by atoms with Crippen LogP contribution in [0.2, 0.25) is 0 Å².